The predicted octanol–water partition coefficient (Wildman–Crippen LogP) is 2.70. The zero-order valence-electron chi connectivity index (χ0n) is 8.93. The topological polar surface area (TPSA) is 61.0 Å². The molecule has 0 saturated carbocycles. The minimum atomic E-state index is -0.530. The van der Waals surface area contributed by atoms with Crippen LogP contribution in [0.4, 0.5) is 4.39 Å². The van der Waals surface area contributed by atoms with Gasteiger partial charge in [-0.05, 0) is 18.2 Å². The van der Waals surface area contributed by atoms with Crippen LogP contribution in [0.5, 0.6) is 11.6 Å². The fourth-order valence-corrected chi connectivity index (χ4v) is 1.56. The third-order valence-corrected chi connectivity index (χ3v) is 2.57. The smallest absolute Gasteiger partial charge is 0.249 e. The van der Waals surface area contributed by atoms with Gasteiger partial charge in [0.1, 0.15) is 16.6 Å². The Labute approximate surface area is 113 Å². The maximum Gasteiger partial charge on any atom is 0.249 e. The molecule has 0 aliphatic heterocycles. The van der Waals surface area contributed by atoms with E-state index >= 15 is 0 Å². The monoisotopic (exact) mass is 283 g/mol. The van der Waals surface area contributed by atoms with Crippen molar-refractivity contribution in [2.45, 2.75) is 0 Å². The molecule has 18 heavy (non-hydrogen) atoms. The summed E-state index contributed by atoms with van der Waals surface area (Å²) < 4.78 is 18.4. The summed E-state index contributed by atoms with van der Waals surface area (Å²) in [5, 5.41) is 7.39. The van der Waals surface area contributed by atoms with Gasteiger partial charge < -0.3 is 10.5 Å². The maximum absolute atomic E-state index is 13.0. The Balaban J connectivity index is 2.34. The fourth-order valence-electron chi connectivity index (χ4n) is 1.23. The van der Waals surface area contributed by atoms with Crippen LogP contribution >= 0.6 is 23.8 Å². The zero-order valence-corrected chi connectivity index (χ0v) is 10.5. The molecule has 0 atom stereocenters. The molecular formula is C11H7ClFN3OS. The molecule has 2 aromatic rings. The number of thiocarbonyl (C=S) groups is 1. The molecule has 1 aromatic carbocycles. The van der Waals surface area contributed by atoms with Crippen LogP contribution in [0.2, 0.25) is 5.02 Å². The van der Waals surface area contributed by atoms with Gasteiger partial charge in [-0.25, -0.2) is 4.39 Å². The van der Waals surface area contributed by atoms with Crippen molar-refractivity contribution in [2.24, 2.45) is 5.73 Å². The number of nitrogens with zero attached hydrogens (tertiary/aromatic N) is 2. The van der Waals surface area contributed by atoms with Crippen molar-refractivity contribution in [1.82, 2.24) is 10.2 Å². The van der Waals surface area contributed by atoms with E-state index in [0.717, 1.165) is 0 Å². The standard InChI is InChI=1S/C11H7ClFN3OS/c12-8-5-6(1-2-9(8)13)17-11-7(10(14)18)3-4-15-16-11/h1-5H,(H2,14,18). The van der Waals surface area contributed by atoms with Gasteiger partial charge in [0, 0.05) is 6.07 Å². The number of hydrogen-bond donors (Lipinski definition) is 1. The molecule has 0 amide bonds. The first-order chi connectivity index (χ1) is 8.58. The van der Waals surface area contributed by atoms with Crippen LogP contribution in [0.15, 0.2) is 30.5 Å². The third-order valence-electron chi connectivity index (χ3n) is 2.06. The molecule has 1 aromatic heterocycles. The number of halogens is 2. The van der Waals surface area contributed by atoms with Gasteiger partial charge in [-0.3, -0.25) is 0 Å². The van der Waals surface area contributed by atoms with Gasteiger partial charge in [-0.2, -0.15) is 5.10 Å². The molecular weight excluding hydrogens is 277 g/mol. The third kappa shape index (κ3) is 2.72. The van der Waals surface area contributed by atoms with Crippen LogP contribution < -0.4 is 10.5 Å². The molecule has 0 saturated heterocycles. The second-order valence-corrected chi connectivity index (χ2v) is 4.14. The van der Waals surface area contributed by atoms with Gasteiger partial charge >= 0.3 is 0 Å². The quantitative estimate of drug-likeness (QED) is 0.878. The fraction of sp³-hybridized carbons (Fsp3) is 0. The molecule has 0 aliphatic carbocycles. The van der Waals surface area contributed by atoms with Crippen LogP contribution in [-0.2, 0) is 0 Å². The highest BCUT2D eigenvalue weighted by atomic mass is 35.5. The Morgan fingerprint density at radius 3 is 2.83 bits per heavy atom. The van der Waals surface area contributed by atoms with Crippen molar-refractivity contribution in [3.63, 3.8) is 0 Å². The van der Waals surface area contributed by atoms with Crippen LogP contribution in [-0.4, -0.2) is 15.2 Å². The lowest BCUT2D eigenvalue weighted by Gasteiger charge is -2.08. The Morgan fingerprint density at radius 1 is 1.39 bits per heavy atom. The van der Waals surface area contributed by atoms with E-state index in [4.69, 9.17) is 34.3 Å². The van der Waals surface area contributed by atoms with E-state index in [9.17, 15) is 4.39 Å². The molecule has 0 aliphatic rings. The Morgan fingerprint density at radius 2 is 2.17 bits per heavy atom. The van der Waals surface area contributed by atoms with Crippen LogP contribution in [0.1, 0.15) is 5.56 Å². The molecule has 2 N–H and O–H groups in total. The van der Waals surface area contributed by atoms with E-state index in [2.05, 4.69) is 10.2 Å². The van der Waals surface area contributed by atoms with E-state index in [1.807, 2.05) is 0 Å². The van der Waals surface area contributed by atoms with E-state index in [0.29, 0.717) is 11.3 Å². The van der Waals surface area contributed by atoms with Gasteiger partial charge in [0.05, 0.1) is 16.8 Å². The summed E-state index contributed by atoms with van der Waals surface area (Å²) in [4.78, 5) is 0.133. The number of ether oxygens (including phenoxy) is 1. The minimum absolute atomic E-state index is 0.0479. The van der Waals surface area contributed by atoms with E-state index in [-0.39, 0.29) is 15.9 Å². The van der Waals surface area contributed by atoms with Gasteiger partial charge in [-0.15, -0.1) is 5.10 Å². The van der Waals surface area contributed by atoms with Crippen LogP contribution in [0.3, 0.4) is 0 Å². The van der Waals surface area contributed by atoms with Crippen molar-refractivity contribution in [2.75, 3.05) is 0 Å². The van der Waals surface area contributed by atoms with E-state index in [1.165, 1.54) is 24.4 Å². The normalized spacial score (nSPS) is 10.1. The van der Waals surface area contributed by atoms with Gasteiger partial charge in [-0.1, -0.05) is 23.8 Å². The lowest BCUT2D eigenvalue weighted by molar-refractivity contribution is 0.452. The molecule has 0 unspecified atom stereocenters. The highest BCUT2D eigenvalue weighted by Gasteiger charge is 2.10. The molecule has 92 valence electrons. The number of aromatic nitrogens is 2. The lowest BCUT2D eigenvalue weighted by atomic mass is 10.3. The number of nitrogens with two attached hydrogens (primary N) is 1. The molecule has 2 rings (SSSR count). The first-order valence-electron chi connectivity index (χ1n) is 4.82. The number of rotatable bonds is 3. The van der Waals surface area contributed by atoms with Crippen molar-refractivity contribution in [3.05, 3.63) is 46.9 Å². The highest BCUT2D eigenvalue weighted by molar-refractivity contribution is 7.80. The Kier molecular flexibility index (Phi) is 3.69. The summed E-state index contributed by atoms with van der Waals surface area (Å²) >= 11 is 10.5. The Bertz CT molecular complexity index is 609. The first kappa shape index (κ1) is 12.7. The highest BCUT2D eigenvalue weighted by Crippen LogP contribution is 2.26. The van der Waals surface area contributed by atoms with Gasteiger partial charge in [0.25, 0.3) is 0 Å². The van der Waals surface area contributed by atoms with E-state index in [1.54, 1.807) is 6.07 Å². The molecule has 0 radical (unpaired) electrons. The first-order valence-corrected chi connectivity index (χ1v) is 5.61. The largest absolute Gasteiger partial charge is 0.437 e. The second-order valence-electron chi connectivity index (χ2n) is 3.29. The number of benzene rings is 1. The van der Waals surface area contributed by atoms with Crippen molar-refractivity contribution >= 4 is 28.8 Å². The summed E-state index contributed by atoms with van der Waals surface area (Å²) in [6, 6.07) is 5.51. The molecule has 0 bridgehead atoms. The van der Waals surface area contributed by atoms with Crippen molar-refractivity contribution in [3.8, 4) is 11.6 Å². The zero-order chi connectivity index (χ0) is 13.1. The summed E-state index contributed by atoms with van der Waals surface area (Å²) in [6.45, 7) is 0. The molecule has 0 fully saturated rings. The summed E-state index contributed by atoms with van der Waals surface area (Å²) in [6.07, 6.45) is 1.44. The minimum Gasteiger partial charge on any atom is -0.437 e. The molecule has 4 nitrogen and oxygen atoms in total. The molecule has 1 heterocycles. The SMILES string of the molecule is NC(=S)c1ccnnc1Oc1ccc(F)c(Cl)c1. The van der Waals surface area contributed by atoms with Crippen molar-refractivity contribution < 1.29 is 9.13 Å². The Hall–Kier alpha value is -1.79. The lowest BCUT2D eigenvalue weighted by Crippen LogP contribution is -2.12. The average Bonchev–Trinajstić information content (AvgIpc) is 2.34. The van der Waals surface area contributed by atoms with Crippen LogP contribution in [0.25, 0.3) is 0 Å². The summed E-state index contributed by atoms with van der Waals surface area (Å²) in [7, 11) is 0. The van der Waals surface area contributed by atoms with E-state index < -0.39 is 5.82 Å². The summed E-state index contributed by atoms with van der Waals surface area (Å²) in [5.74, 6) is -0.0650. The molecule has 7 heteroatoms. The van der Waals surface area contributed by atoms with Gasteiger partial charge in [0.15, 0.2) is 0 Å². The van der Waals surface area contributed by atoms with Crippen molar-refractivity contribution in [1.29, 1.82) is 0 Å². The van der Waals surface area contributed by atoms with Gasteiger partial charge in [0.2, 0.25) is 5.88 Å². The van der Waals surface area contributed by atoms with Crippen LogP contribution in [0, 0.1) is 5.82 Å². The molecule has 0 spiro atoms. The summed E-state index contributed by atoms with van der Waals surface area (Å²) in [5.41, 5.74) is 5.96. The predicted molar refractivity (Wildman–Crippen MR) is 69.4 cm³/mol. The average molecular weight is 284 g/mol. The second kappa shape index (κ2) is 5.24. The number of hydrogen-bond acceptors (Lipinski definition) is 4. The maximum atomic E-state index is 13.0.